The van der Waals surface area contributed by atoms with Crippen LogP contribution in [0.3, 0.4) is 0 Å². The molecule has 0 spiro atoms. The highest BCUT2D eigenvalue weighted by Gasteiger charge is 2.09. The number of ketones is 1. The van der Waals surface area contributed by atoms with E-state index in [2.05, 4.69) is 0 Å². The summed E-state index contributed by atoms with van der Waals surface area (Å²) in [4.78, 5) is 11.9. The summed E-state index contributed by atoms with van der Waals surface area (Å²) in [7, 11) is 0. The number of hydrogen-bond donors (Lipinski definition) is 4. The van der Waals surface area contributed by atoms with Gasteiger partial charge in [0.15, 0.2) is 5.78 Å². The molecule has 2 aromatic rings. The van der Waals surface area contributed by atoms with Crippen LogP contribution in [0.2, 0.25) is 0 Å². The largest absolute Gasteiger partial charge is 0.508 e. The summed E-state index contributed by atoms with van der Waals surface area (Å²) in [6.07, 6.45) is 2.55. The van der Waals surface area contributed by atoms with Crippen LogP contribution in [-0.4, -0.2) is 26.2 Å². The average Bonchev–Trinajstić information content (AvgIpc) is 2.38. The van der Waals surface area contributed by atoms with Gasteiger partial charge in [0.25, 0.3) is 0 Å². The molecule has 102 valence electrons. The summed E-state index contributed by atoms with van der Waals surface area (Å²) in [6.45, 7) is 0. The van der Waals surface area contributed by atoms with Crippen molar-refractivity contribution in [3.63, 3.8) is 0 Å². The summed E-state index contributed by atoms with van der Waals surface area (Å²) in [6, 6.07) is 7.54. The minimum Gasteiger partial charge on any atom is -0.508 e. The van der Waals surface area contributed by atoms with Crippen LogP contribution in [0.1, 0.15) is 15.9 Å². The van der Waals surface area contributed by atoms with Gasteiger partial charge in [0.2, 0.25) is 0 Å². The summed E-state index contributed by atoms with van der Waals surface area (Å²) in [5.74, 6) is -1.14. The molecule has 2 aromatic carbocycles. The maximum Gasteiger partial charge on any atom is 0.189 e. The third-order valence-electron chi connectivity index (χ3n) is 2.60. The Labute approximate surface area is 114 Å². The fourth-order valence-electron chi connectivity index (χ4n) is 1.70. The molecule has 5 heteroatoms. The second-order valence-electron chi connectivity index (χ2n) is 4.18. The molecule has 0 fully saturated rings. The Balaban J connectivity index is 2.26. The molecule has 0 aliphatic rings. The molecule has 0 radical (unpaired) electrons. The lowest BCUT2D eigenvalue weighted by Crippen LogP contribution is -1.94. The average molecular weight is 272 g/mol. The van der Waals surface area contributed by atoms with Gasteiger partial charge in [-0.2, -0.15) is 0 Å². The van der Waals surface area contributed by atoms with Gasteiger partial charge in [0, 0.05) is 6.07 Å². The Hall–Kier alpha value is -2.95. The van der Waals surface area contributed by atoms with Crippen LogP contribution in [0.25, 0.3) is 6.08 Å². The lowest BCUT2D eigenvalue weighted by atomic mass is 10.1. The van der Waals surface area contributed by atoms with Gasteiger partial charge in [0.1, 0.15) is 23.0 Å². The Morgan fingerprint density at radius 2 is 1.50 bits per heavy atom. The van der Waals surface area contributed by atoms with Crippen LogP contribution in [0.15, 0.2) is 42.5 Å². The predicted molar refractivity (Wildman–Crippen MR) is 72.9 cm³/mol. The molecule has 5 nitrogen and oxygen atoms in total. The molecule has 0 aromatic heterocycles. The van der Waals surface area contributed by atoms with Crippen molar-refractivity contribution in [3.05, 3.63) is 53.6 Å². The molecule has 0 amide bonds. The smallest absolute Gasteiger partial charge is 0.189 e. The molecule has 2 rings (SSSR count). The molecular weight excluding hydrogens is 260 g/mol. The van der Waals surface area contributed by atoms with Crippen LogP contribution in [0, 0.1) is 0 Å². The van der Waals surface area contributed by atoms with Gasteiger partial charge in [-0.15, -0.1) is 0 Å². The van der Waals surface area contributed by atoms with Crippen molar-refractivity contribution < 1.29 is 25.2 Å². The van der Waals surface area contributed by atoms with E-state index >= 15 is 0 Å². The number of aromatic hydroxyl groups is 4. The third kappa shape index (κ3) is 3.08. The molecule has 0 aliphatic heterocycles. The zero-order valence-electron chi connectivity index (χ0n) is 10.3. The number of benzene rings is 2. The molecule has 20 heavy (non-hydrogen) atoms. The minimum absolute atomic E-state index is 0.0365. The zero-order valence-corrected chi connectivity index (χ0v) is 10.3. The van der Waals surface area contributed by atoms with Gasteiger partial charge in [-0.3, -0.25) is 4.79 Å². The summed E-state index contributed by atoms with van der Waals surface area (Å²) >= 11 is 0. The maximum atomic E-state index is 11.9. The second kappa shape index (κ2) is 5.36. The Morgan fingerprint density at radius 3 is 2.15 bits per heavy atom. The van der Waals surface area contributed by atoms with Gasteiger partial charge < -0.3 is 20.4 Å². The van der Waals surface area contributed by atoms with Crippen LogP contribution in [0.4, 0.5) is 0 Å². The highest BCUT2D eigenvalue weighted by atomic mass is 16.3. The standard InChI is InChI=1S/C15H12O5/c16-10-2-4-15(20)13(8-10)14(19)3-1-9-5-11(17)7-12(18)6-9/h1-8,16-18,20H/b3-1+. The van der Waals surface area contributed by atoms with Crippen molar-refractivity contribution in [2.24, 2.45) is 0 Å². The molecule has 0 saturated heterocycles. The SMILES string of the molecule is O=C(/C=C/c1cc(O)cc(O)c1)c1cc(O)ccc1O. The number of phenols is 4. The van der Waals surface area contributed by atoms with E-state index in [-0.39, 0.29) is 28.6 Å². The van der Waals surface area contributed by atoms with Crippen molar-refractivity contribution in [3.8, 4) is 23.0 Å². The fourth-order valence-corrected chi connectivity index (χ4v) is 1.70. The monoisotopic (exact) mass is 272 g/mol. The number of carbonyl (C=O) groups excluding carboxylic acids is 1. The predicted octanol–water partition coefficient (Wildman–Crippen LogP) is 2.41. The minimum atomic E-state index is -0.513. The fraction of sp³-hybridized carbons (Fsp3) is 0. The van der Waals surface area contributed by atoms with Crippen LogP contribution in [0.5, 0.6) is 23.0 Å². The van der Waals surface area contributed by atoms with Crippen molar-refractivity contribution in [2.45, 2.75) is 0 Å². The first-order valence-electron chi connectivity index (χ1n) is 5.73. The van der Waals surface area contributed by atoms with Gasteiger partial charge in [-0.1, -0.05) is 6.08 Å². The van der Waals surface area contributed by atoms with Gasteiger partial charge in [-0.05, 0) is 42.0 Å². The van der Waals surface area contributed by atoms with E-state index in [1.54, 1.807) is 0 Å². The van der Waals surface area contributed by atoms with Crippen molar-refractivity contribution in [1.82, 2.24) is 0 Å². The summed E-state index contributed by atoms with van der Waals surface area (Å²) < 4.78 is 0. The first kappa shape index (κ1) is 13.5. The van der Waals surface area contributed by atoms with E-state index in [1.807, 2.05) is 0 Å². The topological polar surface area (TPSA) is 98.0 Å². The molecule has 0 aliphatic carbocycles. The number of hydrogen-bond acceptors (Lipinski definition) is 5. The molecule has 0 saturated carbocycles. The summed E-state index contributed by atoms with van der Waals surface area (Å²) in [5.41, 5.74) is 0.390. The molecule has 0 bridgehead atoms. The van der Waals surface area contributed by atoms with E-state index in [0.717, 1.165) is 6.07 Å². The van der Waals surface area contributed by atoms with Crippen LogP contribution < -0.4 is 0 Å². The Morgan fingerprint density at radius 1 is 0.850 bits per heavy atom. The summed E-state index contributed by atoms with van der Waals surface area (Å²) in [5, 5.41) is 37.4. The van der Waals surface area contributed by atoms with E-state index in [9.17, 15) is 25.2 Å². The molecular formula is C15H12O5. The number of allylic oxidation sites excluding steroid dienone is 1. The third-order valence-corrected chi connectivity index (χ3v) is 2.60. The Kier molecular flexibility index (Phi) is 3.61. The van der Waals surface area contributed by atoms with Crippen LogP contribution >= 0.6 is 0 Å². The van der Waals surface area contributed by atoms with Crippen molar-refractivity contribution in [1.29, 1.82) is 0 Å². The lowest BCUT2D eigenvalue weighted by molar-refractivity contribution is 0.104. The normalized spacial score (nSPS) is 10.8. The van der Waals surface area contributed by atoms with Gasteiger partial charge in [-0.25, -0.2) is 0 Å². The van der Waals surface area contributed by atoms with Crippen molar-refractivity contribution in [2.75, 3.05) is 0 Å². The van der Waals surface area contributed by atoms with E-state index in [1.165, 1.54) is 42.5 Å². The second-order valence-corrected chi connectivity index (χ2v) is 4.18. The van der Waals surface area contributed by atoms with Gasteiger partial charge >= 0.3 is 0 Å². The highest BCUT2D eigenvalue weighted by molar-refractivity contribution is 6.08. The van der Waals surface area contributed by atoms with E-state index < -0.39 is 5.78 Å². The quantitative estimate of drug-likeness (QED) is 0.391. The van der Waals surface area contributed by atoms with Gasteiger partial charge in [0.05, 0.1) is 5.56 Å². The van der Waals surface area contributed by atoms with E-state index in [4.69, 9.17) is 0 Å². The Bertz CT molecular complexity index is 668. The first-order valence-corrected chi connectivity index (χ1v) is 5.73. The highest BCUT2D eigenvalue weighted by Crippen LogP contribution is 2.24. The molecule has 0 unspecified atom stereocenters. The lowest BCUT2D eigenvalue weighted by Gasteiger charge is -2.01. The molecule has 0 atom stereocenters. The maximum absolute atomic E-state index is 11.9. The molecule has 4 N–H and O–H groups in total. The zero-order chi connectivity index (χ0) is 14.7. The van der Waals surface area contributed by atoms with Crippen LogP contribution in [-0.2, 0) is 0 Å². The number of carbonyl (C=O) groups is 1. The van der Waals surface area contributed by atoms with E-state index in [0.29, 0.717) is 5.56 Å². The molecule has 0 heterocycles. The first-order chi connectivity index (χ1) is 9.45. The number of rotatable bonds is 3. The number of phenolic OH excluding ortho intramolecular Hbond substituents is 4. The van der Waals surface area contributed by atoms with Crippen molar-refractivity contribution >= 4 is 11.9 Å².